The van der Waals surface area contributed by atoms with E-state index in [2.05, 4.69) is 44.1 Å². The van der Waals surface area contributed by atoms with Crippen LogP contribution in [0.1, 0.15) is 45.9 Å². The number of ether oxygens (including phenoxy) is 2. The van der Waals surface area contributed by atoms with E-state index in [4.69, 9.17) is 21.1 Å². The Balaban J connectivity index is 1.42. The molecule has 2 unspecified atom stereocenters. The fraction of sp³-hybridized carbons (Fsp3) is 0.257. The summed E-state index contributed by atoms with van der Waals surface area (Å²) in [5, 5.41) is 14.1. The van der Waals surface area contributed by atoms with Gasteiger partial charge < -0.3 is 34.6 Å². The standard InChI is InChI=1S/C35H30ClN5O4/c1-35-32(44-3)23(37-2)15-26(45-35)40-24-7-5-4-6-20(24)28-29-22(16-38-34(29)43)27-21-14-19(12-13-25(21)41(35)31(27)30(28)40)39-33(42)17-8-10-18(36)11-9-17/h4-14,23,26,32,37H,15-16H2,1-3H3,(H,38,43)(H,39,42)/t23?,26-,32?,35+/m1/s1. The Labute approximate surface area is 263 Å². The lowest BCUT2D eigenvalue weighted by Crippen LogP contribution is -2.59. The van der Waals surface area contributed by atoms with Crippen LogP contribution in [-0.4, -0.2) is 47.3 Å². The highest BCUT2D eigenvalue weighted by Crippen LogP contribution is 2.53. The van der Waals surface area contributed by atoms with Gasteiger partial charge in [0.2, 0.25) is 0 Å². The molecule has 3 aliphatic heterocycles. The van der Waals surface area contributed by atoms with Crippen molar-refractivity contribution in [3.05, 3.63) is 88.4 Å². The minimum absolute atomic E-state index is 0.00939. The summed E-state index contributed by atoms with van der Waals surface area (Å²) in [4.78, 5) is 26.9. The van der Waals surface area contributed by atoms with E-state index >= 15 is 0 Å². The van der Waals surface area contributed by atoms with Crippen molar-refractivity contribution in [2.45, 2.75) is 44.0 Å². The third-order valence-electron chi connectivity index (χ3n) is 10.1. The molecule has 4 aromatic carbocycles. The quantitative estimate of drug-likeness (QED) is 0.216. The lowest BCUT2D eigenvalue weighted by Gasteiger charge is -2.48. The molecule has 6 aromatic rings. The molecule has 226 valence electrons. The molecule has 0 saturated carbocycles. The van der Waals surface area contributed by atoms with Crippen molar-refractivity contribution >= 4 is 72.7 Å². The molecule has 3 aliphatic rings. The smallest absolute Gasteiger partial charge is 0.255 e. The molecular weight excluding hydrogens is 590 g/mol. The number of likely N-dealkylation sites (N-methyl/N-ethyl adjacent to an activating group) is 1. The van der Waals surface area contributed by atoms with Crippen molar-refractivity contribution in [1.29, 1.82) is 0 Å². The monoisotopic (exact) mass is 619 g/mol. The molecule has 45 heavy (non-hydrogen) atoms. The number of amides is 2. The average molecular weight is 620 g/mol. The number of carbonyl (C=O) groups excluding carboxylic acids is 2. The van der Waals surface area contributed by atoms with Crippen LogP contribution < -0.4 is 16.0 Å². The topological polar surface area (TPSA) is 98.6 Å². The summed E-state index contributed by atoms with van der Waals surface area (Å²) in [6, 6.07) is 21.0. The van der Waals surface area contributed by atoms with Crippen LogP contribution in [0.3, 0.4) is 0 Å². The third kappa shape index (κ3) is 3.44. The summed E-state index contributed by atoms with van der Waals surface area (Å²) >= 11 is 6.05. The molecule has 0 spiro atoms. The van der Waals surface area contributed by atoms with E-state index in [-0.39, 0.29) is 30.2 Å². The van der Waals surface area contributed by atoms with E-state index in [0.29, 0.717) is 34.8 Å². The Hall–Kier alpha value is -4.41. The molecule has 1 saturated heterocycles. The molecule has 5 heterocycles. The molecule has 3 N–H and O–H groups in total. The predicted octanol–water partition coefficient (Wildman–Crippen LogP) is 6.26. The number of hydrogen-bond donors (Lipinski definition) is 3. The van der Waals surface area contributed by atoms with Gasteiger partial charge in [-0.3, -0.25) is 9.59 Å². The number of anilines is 1. The second-order valence-corrected chi connectivity index (χ2v) is 12.7. The van der Waals surface area contributed by atoms with Gasteiger partial charge >= 0.3 is 0 Å². The maximum absolute atomic E-state index is 13.6. The summed E-state index contributed by atoms with van der Waals surface area (Å²) in [5.41, 5.74) is 5.84. The zero-order chi connectivity index (χ0) is 30.8. The lowest BCUT2D eigenvalue weighted by molar-refractivity contribution is -0.256. The van der Waals surface area contributed by atoms with Gasteiger partial charge in [-0.05, 0) is 68.1 Å². The number of methoxy groups -OCH3 is 1. The SMILES string of the molecule is CNC1C[C@H]2O[C@@](C)(C1OC)n1c3ccc(NC(=O)c4ccc(Cl)cc4)cc3c3c4c(c5c6ccccc6n2c5c31)C(=O)NC4. The highest BCUT2D eigenvalue weighted by Gasteiger charge is 2.53. The van der Waals surface area contributed by atoms with Crippen LogP contribution in [0.15, 0.2) is 66.7 Å². The van der Waals surface area contributed by atoms with Crippen LogP contribution in [0.2, 0.25) is 5.02 Å². The van der Waals surface area contributed by atoms with Crippen LogP contribution in [0.5, 0.6) is 0 Å². The Morgan fingerprint density at radius 3 is 2.62 bits per heavy atom. The van der Waals surface area contributed by atoms with E-state index in [9.17, 15) is 9.59 Å². The predicted molar refractivity (Wildman–Crippen MR) is 175 cm³/mol. The Bertz CT molecular complexity index is 2270. The molecular formula is C35H30ClN5O4. The molecule has 0 radical (unpaired) electrons. The molecule has 10 heteroatoms. The normalized spacial score (nSPS) is 23.6. The number of hydrogen-bond acceptors (Lipinski definition) is 5. The Kier molecular flexibility index (Phi) is 5.57. The fourth-order valence-electron chi connectivity index (χ4n) is 8.27. The summed E-state index contributed by atoms with van der Waals surface area (Å²) in [7, 11) is 3.70. The second kappa shape index (κ2) is 9.31. The van der Waals surface area contributed by atoms with Crippen LogP contribution >= 0.6 is 11.6 Å². The number of carbonyl (C=O) groups is 2. The van der Waals surface area contributed by atoms with Crippen LogP contribution in [0.4, 0.5) is 5.69 Å². The van der Waals surface area contributed by atoms with Gasteiger partial charge in [0.15, 0.2) is 5.72 Å². The highest BCUT2D eigenvalue weighted by atomic mass is 35.5. The molecule has 2 bridgehead atoms. The zero-order valence-electron chi connectivity index (χ0n) is 24.9. The van der Waals surface area contributed by atoms with E-state index in [0.717, 1.165) is 49.2 Å². The van der Waals surface area contributed by atoms with Crippen LogP contribution in [0.25, 0.3) is 43.6 Å². The van der Waals surface area contributed by atoms with Crippen molar-refractivity contribution in [3.8, 4) is 0 Å². The summed E-state index contributed by atoms with van der Waals surface area (Å²) in [5.74, 6) is -0.313. The lowest BCUT2D eigenvalue weighted by atomic mass is 9.93. The Morgan fingerprint density at radius 2 is 1.84 bits per heavy atom. The summed E-state index contributed by atoms with van der Waals surface area (Å²) in [6.07, 6.45) is 0.0629. The first-order chi connectivity index (χ1) is 21.8. The summed E-state index contributed by atoms with van der Waals surface area (Å²) < 4.78 is 18.0. The molecule has 0 aliphatic carbocycles. The molecule has 2 amide bonds. The third-order valence-corrected chi connectivity index (χ3v) is 10.3. The van der Waals surface area contributed by atoms with Gasteiger partial charge in [0.25, 0.3) is 11.8 Å². The first-order valence-corrected chi connectivity index (χ1v) is 15.5. The van der Waals surface area contributed by atoms with Gasteiger partial charge in [0, 0.05) is 63.9 Å². The van der Waals surface area contributed by atoms with Crippen LogP contribution in [-0.2, 0) is 21.7 Å². The zero-order valence-corrected chi connectivity index (χ0v) is 25.7. The number of benzene rings is 4. The highest BCUT2D eigenvalue weighted by molar-refractivity contribution is 6.31. The summed E-state index contributed by atoms with van der Waals surface area (Å²) in [6.45, 7) is 2.51. The maximum atomic E-state index is 13.6. The first-order valence-electron chi connectivity index (χ1n) is 15.1. The van der Waals surface area contributed by atoms with Gasteiger partial charge in [-0.1, -0.05) is 29.8 Å². The number of aromatic nitrogens is 2. The van der Waals surface area contributed by atoms with E-state index < -0.39 is 5.72 Å². The average Bonchev–Trinajstić information content (AvgIpc) is 3.68. The molecule has 2 aromatic heterocycles. The van der Waals surface area contributed by atoms with Gasteiger partial charge in [0.05, 0.1) is 27.6 Å². The number of nitrogens with zero attached hydrogens (tertiary/aromatic N) is 2. The number of fused-ring (bicyclic) bond motifs is 13. The van der Waals surface area contributed by atoms with Gasteiger partial charge in [-0.2, -0.15) is 0 Å². The molecule has 1 fully saturated rings. The molecule has 4 atom stereocenters. The largest absolute Gasteiger partial charge is 0.375 e. The molecule has 9 rings (SSSR count). The van der Waals surface area contributed by atoms with Gasteiger partial charge in [-0.15, -0.1) is 0 Å². The van der Waals surface area contributed by atoms with Crippen LogP contribution in [0, 0.1) is 0 Å². The van der Waals surface area contributed by atoms with Crippen molar-refractivity contribution in [2.75, 3.05) is 19.5 Å². The number of para-hydroxylation sites is 1. The minimum Gasteiger partial charge on any atom is -0.375 e. The number of halogens is 1. The fourth-order valence-corrected chi connectivity index (χ4v) is 8.39. The van der Waals surface area contributed by atoms with Crippen molar-refractivity contribution in [2.24, 2.45) is 0 Å². The Morgan fingerprint density at radius 1 is 1.04 bits per heavy atom. The molecule has 9 nitrogen and oxygen atoms in total. The van der Waals surface area contributed by atoms with Gasteiger partial charge in [-0.25, -0.2) is 0 Å². The number of rotatable bonds is 4. The van der Waals surface area contributed by atoms with E-state index in [1.165, 1.54) is 0 Å². The van der Waals surface area contributed by atoms with Gasteiger partial charge in [0.1, 0.15) is 12.3 Å². The second-order valence-electron chi connectivity index (χ2n) is 12.3. The van der Waals surface area contributed by atoms with Crippen molar-refractivity contribution in [1.82, 2.24) is 19.8 Å². The number of nitrogens with one attached hydrogen (secondary N) is 3. The first kappa shape index (κ1) is 26.9. The van der Waals surface area contributed by atoms with E-state index in [1.807, 2.05) is 37.4 Å². The van der Waals surface area contributed by atoms with Crippen molar-refractivity contribution in [3.63, 3.8) is 0 Å². The maximum Gasteiger partial charge on any atom is 0.255 e. The minimum atomic E-state index is -0.906. The van der Waals surface area contributed by atoms with Crippen molar-refractivity contribution < 1.29 is 19.1 Å². The van der Waals surface area contributed by atoms with E-state index in [1.54, 1.807) is 31.4 Å².